The van der Waals surface area contributed by atoms with Crippen LogP contribution in [0.25, 0.3) is 0 Å². The number of carbonyl (C=O) groups is 1. The molecule has 0 rings (SSSR count). The summed E-state index contributed by atoms with van der Waals surface area (Å²) < 4.78 is 0.539. The first-order chi connectivity index (χ1) is 9.54. The highest BCUT2D eigenvalue weighted by molar-refractivity contribution is 5.68. The monoisotopic (exact) mass is 284 g/mol. The average Bonchev–Trinajstić information content (AvgIpc) is 2.44. The number of hydrogen-bond acceptors (Lipinski definition) is 1. The molecule has 0 aliphatic heterocycles. The largest absolute Gasteiger partial charge is 0.313 e. The van der Waals surface area contributed by atoms with Gasteiger partial charge in [0.05, 0.1) is 27.1 Å². The fraction of sp³-hybridized carbons (Fsp3) is 0.944. The van der Waals surface area contributed by atoms with Crippen molar-refractivity contribution in [3.63, 3.8) is 0 Å². The molecule has 0 unspecified atom stereocenters. The molecule has 0 fully saturated rings. The van der Waals surface area contributed by atoms with E-state index in [1.165, 1.54) is 64.2 Å². The number of rotatable bonds is 13. The van der Waals surface area contributed by atoms with E-state index in [9.17, 15) is 4.79 Å². The van der Waals surface area contributed by atoms with Gasteiger partial charge in [-0.25, -0.2) is 4.79 Å². The molecule has 0 heterocycles. The van der Waals surface area contributed by atoms with Gasteiger partial charge in [-0.3, -0.25) is 4.48 Å². The maximum Gasteiger partial charge on any atom is 0.313 e. The minimum absolute atomic E-state index is 0.392. The van der Waals surface area contributed by atoms with Crippen molar-refractivity contribution in [1.29, 1.82) is 0 Å². The number of quaternary nitrogens is 1. The minimum Gasteiger partial charge on any atom is -0.266 e. The Hall–Kier alpha value is -0.370. The fourth-order valence-electron chi connectivity index (χ4n) is 2.42. The number of amides is 1. The van der Waals surface area contributed by atoms with Gasteiger partial charge in [-0.15, -0.1) is 0 Å². The van der Waals surface area contributed by atoms with Crippen LogP contribution in [0.15, 0.2) is 0 Å². The summed E-state index contributed by atoms with van der Waals surface area (Å²) in [5.41, 5.74) is 0. The van der Waals surface area contributed by atoms with Crippen LogP contribution in [-0.2, 0) is 4.79 Å². The van der Waals surface area contributed by atoms with Gasteiger partial charge in [-0.05, 0) is 13.3 Å². The maximum absolute atomic E-state index is 11.9. The van der Waals surface area contributed by atoms with Gasteiger partial charge < -0.3 is 0 Å². The first kappa shape index (κ1) is 19.6. The Morgan fingerprint density at radius 1 is 0.700 bits per heavy atom. The van der Waals surface area contributed by atoms with Crippen LogP contribution in [0.5, 0.6) is 0 Å². The lowest BCUT2D eigenvalue weighted by Gasteiger charge is -2.24. The maximum atomic E-state index is 11.9. The average molecular weight is 285 g/mol. The van der Waals surface area contributed by atoms with Crippen LogP contribution < -0.4 is 0 Å². The predicted octanol–water partition coefficient (Wildman–Crippen LogP) is 5.31. The van der Waals surface area contributed by atoms with Crippen LogP contribution in [0.1, 0.15) is 90.9 Å². The van der Waals surface area contributed by atoms with E-state index in [2.05, 4.69) is 13.8 Å². The molecule has 2 nitrogen and oxygen atoms in total. The topological polar surface area (TPSA) is 17.1 Å². The molecular weight excluding hydrogens is 246 g/mol. The Labute approximate surface area is 127 Å². The Morgan fingerprint density at radius 2 is 1.10 bits per heavy atom. The molecule has 0 bridgehead atoms. The smallest absolute Gasteiger partial charge is 0.266 e. The molecule has 0 aromatic heterocycles. The summed E-state index contributed by atoms with van der Waals surface area (Å²) in [4.78, 5) is 11.9. The van der Waals surface area contributed by atoms with E-state index >= 15 is 0 Å². The summed E-state index contributed by atoms with van der Waals surface area (Å²) in [6.45, 7) is 5.25. The van der Waals surface area contributed by atoms with Crippen molar-refractivity contribution in [3.8, 4) is 0 Å². The van der Waals surface area contributed by atoms with Crippen molar-refractivity contribution >= 4 is 5.91 Å². The molecule has 2 heteroatoms. The summed E-state index contributed by atoms with van der Waals surface area (Å²) in [5, 5.41) is 0. The zero-order chi connectivity index (χ0) is 15.3. The van der Waals surface area contributed by atoms with Crippen molar-refractivity contribution in [2.45, 2.75) is 90.9 Å². The molecule has 0 spiro atoms. The van der Waals surface area contributed by atoms with Gasteiger partial charge in [0.1, 0.15) is 0 Å². The van der Waals surface area contributed by atoms with Gasteiger partial charge in [-0.1, -0.05) is 71.1 Å². The molecule has 0 aromatic carbocycles. The van der Waals surface area contributed by atoms with Crippen molar-refractivity contribution in [2.75, 3.05) is 20.6 Å². The molecule has 1 amide bonds. The molecule has 20 heavy (non-hydrogen) atoms. The van der Waals surface area contributed by atoms with Crippen molar-refractivity contribution in [1.82, 2.24) is 0 Å². The van der Waals surface area contributed by atoms with Gasteiger partial charge in [0, 0.05) is 0 Å². The third kappa shape index (κ3) is 10.4. The molecule has 0 aliphatic rings. The Balaban J connectivity index is 3.27. The number of carbonyl (C=O) groups excluding carboxylic acids is 1. The van der Waals surface area contributed by atoms with Crippen LogP contribution in [0.2, 0.25) is 0 Å². The third-order valence-electron chi connectivity index (χ3n) is 4.46. The summed E-state index contributed by atoms with van der Waals surface area (Å²) in [6, 6.07) is 0. The van der Waals surface area contributed by atoms with E-state index in [0.29, 0.717) is 10.4 Å². The van der Waals surface area contributed by atoms with Crippen LogP contribution in [0, 0.1) is 0 Å². The molecule has 0 radical (unpaired) electrons. The third-order valence-corrected chi connectivity index (χ3v) is 4.46. The van der Waals surface area contributed by atoms with Crippen LogP contribution >= 0.6 is 0 Å². The molecule has 0 saturated heterocycles. The van der Waals surface area contributed by atoms with Gasteiger partial charge in [0.2, 0.25) is 0 Å². The second-order valence-electron chi connectivity index (χ2n) is 6.68. The second-order valence-corrected chi connectivity index (χ2v) is 6.68. The SMILES string of the molecule is CCCCCCCCCCCCCC(=O)[N+](C)(C)CC. The van der Waals surface area contributed by atoms with Crippen LogP contribution in [-0.4, -0.2) is 31.0 Å². The fourth-order valence-corrected chi connectivity index (χ4v) is 2.42. The second kappa shape index (κ2) is 12.4. The molecule has 0 N–H and O–H groups in total. The highest BCUT2D eigenvalue weighted by Crippen LogP contribution is 2.13. The lowest BCUT2D eigenvalue weighted by atomic mass is 10.1. The van der Waals surface area contributed by atoms with Crippen molar-refractivity contribution in [2.24, 2.45) is 0 Å². The van der Waals surface area contributed by atoms with Gasteiger partial charge in [0.15, 0.2) is 0 Å². The quantitative estimate of drug-likeness (QED) is 0.331. The Bertz CT molecular complexity index is 236. The van der Waals surface area contributed by atoms with Gasteiger partial charge in [-0.2, -0.15) is 0 Å². The van der Waals surface area contributed by atoms with Gasteiger partial charge >= 0.3 is 5.91 Å². The summed E-state index contributed by atoms with van der Waals surface area (Å²) in [6.07, 6.45) is 15.5. The van der Waals surface area contributed by atoms with E-state index in [0.717, 1.165) is 19.4 Å². The molecule has 0 aliphatic carbocycles. The summed E-state index contributed by atoms with van der Waals surface area (Å²) >= 11 is 0. The van der Waals surface area contributed by atoms with Crippen LogP contribution in [0.3, 0.4) is 0 Å². The lowest BCUT2D eigenvalue weighted by molar-refractivity contribution is -0.812. The number of hydrogen-bond donors (Lipinski definition) is 0. The van der Waals surface area contributed by atoms with E-state index in [1.807, 2.05) is 14.1 Å². The van der Waals surface area contributed by atoms with E-state index in [-0.39, 0.29) is 0 Å². The Kier molecular flexibility index (Phi) is 12.1. The zero-order valence-corrected chi connectivity index (χ0v) is 14.5. The number of nitrogens with zero attached hydrogens (tertiary/aromatic N) is 1. The van der Waals surface area contributed by atoms with Crippen molar-refractivity contribution in [3.05, 3.63) is 0 Å². The molecule has 0 saturated carbocycles. The van der Waals surface area contributed by atoms with E-state index in [1.54, 1.807) is 0 Å². The minimum atomic E-state index is 0.392. The molecule has 0 aromatic rings. The van der Waals surface area contributed by atoms with Crippen molar-refractivity contribution < 1.29 is 9.28 Å². The Morgan fingerprint density at radius 3 is 1.50 bits per heavy atom. The lowest BCUT2D eigenvalue weighted by Crippen LogP contribution is -2.45. The highest BCUT2D eigenvalue weighted by atomic mass is 16.2. The zero-order valence-electron chi connectivity index (χ0n) is 14.5. The molecule has 120 valence electrons. The normalized spacial score (nSPS) is 11.8. The number of unbranched alkanes of at least 4 members (excludes halogenated alkanes) is 10. The van der Waals surface area contributed by atoms with E-state index in [4.69, 9.17) is 0 Å². The standard InChI is InChI=1S/C18H38NO/c1-5-7-8-9-10-11-12-13-14-15-16-17-18(20)19(3,4)6-2/h5-17H2,1-4H3/q+1. The molecule has 0 atom stereocenters. The first-order valence-corrected chi connectivity index (χ1v) is 8.91. The molecular formula is C18H38NO+. The van der Waals surface area contributed by atoms with E-state index < -0.39 is 0 Å². The van der Waals surface area contributed by atoms with Gasteiger partial charge in [0.25, 0.3) is 0 Å². The highest BCUT2D eigenvalue weighted by Gasteiger charge is 2.22. The predicted molar refractivity (Wildman–Crippen MR) is 88.7 cm³/mol. The summed E-state index contributed by atoms with van der Waals surface area (Å²) in [7, 11) is 4.03. The first-order valence-electron chi connectivity index (χ1n) is 8.91. The van der Waals surface area contributed by atoms with Crippen LogP contribution in [0.4, 0.5) is 0 Å². The summed E-state index contributed by atoms with van der Waals surface area (Å²) in [5.74, 6) is 0.392.